The zero-order valence-electron chi connectivity index (χ0n) is 24.3. The first-order valence-electron chi connectivity index (χ1n) is 14.3. The summed E-state index contributed by atoms with van der Waals surface area (Å²) in [6.07, 6.45) is 1.64. The first-order valence-corrected chi connectivity index (χ1v) is 18.8. The quantitative estimate of drug-likeness (QED) is 0.153. The zero-order valence-corrected chi connectivity index (χ0v) is 28.8. The molecule has 7 rings (SSSR count). The number of anilines is 1. The van der Waals surface area contributed by atoms with E-state index in [2.05, 4.69) is 20.2 Å². The van der Waals surface area contributed by atoms with E-state index in [-0.39, 0.29) is 11.3 Å². The van der Waals surface area contributed by atoms with Crippen molar-refractivity contribution in [2.45, 2.75) is 34.7 Å². The molecule has 2 aromatic heterocycles. The fourth-order valence-electron chi connectivity index (χ4n) is 5.55. The molecule has 5 atom stereocenters. The molecule has 3 saturated heterocycles. The third kappa shape index (κ3) is 6.60. The third-order valence-electron chi connectivity index (χ3n) is 7.76. The van der Waals surface area contributed by atoms with Crippen LogP contribution in [0, 0.1) is 15.2 Å². The molecule has 3 aliphatic heterocycles. The fraction of sp³-hybridized carbons (Fsp3) is 0.367. The minimum absolute atomic E-state index is 0.194. The molecule has 0 spiro atoms. The summed E-state index contributed by atoms with van der Waals surface area (Å²) in [5, 5.41) is 8.59. The van der Waals surface area contributed by atoms with Crippen LogP contribution in [0.15, 0.2) is 65.8 Å². The number of morpholine rings is 1. The van der Waals surface area contributed by atoms with Gasteiger partial charge >= 0.3 is 288 Å². The molecule has 16 heteroatoms. The molecule has 3 unspecified atom stereocenters. The van der Waals surface area contributed by atoms with Gasteiger partial charge in [-0.15, -0.1) is 0 Å². The van der Waals surface area contributed by atoms with Gasteiger partial charge in [0.1, 0.15) is 0 Å². The summed E-state index contributed by atoms with van der Waals surface area (Å²) >= 11 is 11.1. The zero-order chi connectivity index (χ0) is 31.8. The number of hydrogen-bond donors (Lipinski definition) is 0. The van der Waals surface area contributed by atoms with Crippen molar-refractivity contribution in [2.75, 3.05) is 44.9 Å². The predicted molar refractivity (Wildman–Crippen MR) is 177 cm³/mol. The van der Waals surface area contributed by atoms with Crippen LogP contribution in [0.2, 0.25) is 10.0 Å². The van der Waals surface area contributed by atoms with Gasteiger partial charge in [-0.2, -0.15) is 0 Å². The van der Waals surface area contributed by atoms with E-state index in [1.165, 1.54) is 11.8 Å². The molecule has 0 N–H and O–H groups in total. The number of fused-ring (bicyclic) bond motifs is 1. The number of rotatable bonds is 7. The number of aromatic nitrogens is 4. The summed E-state index contributed by atoms with van der Waals surface area (Å²) in [5.41, 5.74) is -0.116. The van der Waals surface area contributed by atoms with Crippen molar-refractivity contribution < 1.29 is 29.1 Å². The van der Waals surface area contributed by atoms with Crippen molar-refractivity contribution in [3.63, 3.8) is 0 Å². The molecule has 0 amide bonds. The Morgan fingerprint density at radius 3 is 2.57 bits per heavy atom. The van der Waals surface area contributed by atoms with E-state index in [1.807, 2.05) is 36.4 Å². The van der Waals surface area contributed by atoms with Gasteiger partial charge in [-0.05, 0) is 0 Å². The molecule has 0 saturated carbocycles. The first-order chi connectivity index (χ1) is 22.4. The van der Waals surface area contributed by atoms with Crippen LogP contribution in [-0.4, -0.2) is 83.7 Å². The van der Waals surface area contributed by atoms with Crippen molar-refractivity contribution in [2.24, 2.45) is 0 Å². The molecule has 3 aliphatic rings. The van der Waals surface area contributed by atoms with Gasteiger partial charge in [0.05, 0.1) is 0 Å². The summed E-state index contributed by atoms with van der Waals surface area (Å²) < 4.78 is 62.8. The van der Waals surface area contributed by atoms with Gasteiger partial charge < -0.3 is 0 Å². The Labute approximate surface area is 286 Å². The number of thioether (sulfide) groups is 1. The van der Waals surface area contributed by atoms with Crippen molar-refractivity contribution in [3.8, 4) is 11.3 Å². The SMILES string of the molecule is COC1C(n2cc(-c3cc(F)c(Cl)c(F)c3)nn2)[C@H]2OI(c3ccccc3)OCC2O[C@@H]1Sc1cc(Cl)cnc1N1CCOCC1. The minimum atomic E-state index is -2.55. The van der Waals surface area contributed by atoms with Crippen LogP contribution >= 0.6 is 55.6 Å². The van der Waals surface area contributed by atoms with Gasteiger partial charge in [0, 0.05) is 0 Å². The number of nitrogens with zero attached hydrogens (tertiary/aromatic N) is 5. The molecule has 0 aliphatic carbocycles. The number of pyridine rings is 1. The Bertz CT molecular complexity index is 1670. The Hall–Kier alpha value is -2.15. The Balaban J connectivity index is 1.25. The maximum absolute atomic E-state index is 14.4. The molecule has 46 heavy (non-hydrogen) atoms. The number of hydrogen-bond acceptors (Lipinski definition) is 10. The van der Waals surface area contributed by atoms with Crippen molar-refractivity contribution in [3.05, 3.63) is 86.2 Å². The van der Waals surface area contributed by atoms with Gasteiger partial charge in [0.25, 0.3) is 0 Å². The van der Waals surface area contributed by atoms with E-state index in [0.717, 1.165) is 26.4 Å². The number of benzene rings is 2. The van der Waals surface area contributed by atoms with Crippen LogP contribution in [0.1, 0.15) is 6.04 Å². The van der Waals surface area contributed by atoms with Crippen LogP contribution < -0.4 is 4.90 Å². The normalized spacial score (nSPS) is 25.8. The molecular formula is C30H28Cl2F2IN5O5S. The first kappa shape index (κ1) is 32.4. The van der Waals surface area contributed by atoms with Crippen molar-refractivity contribution >= 4 is 61.4 Å². The van der Waals surface area contributed by atoms with E-state index in [0.29, 0.717) is 37.9 Å². The van der Waals surface area contributed by atoms with E-state index < -0.39 is 67.1 Å². The summed E-state index contributed by atoms with van der Waals surface area (Å²) in [4.78, 5) is 7.63. The third-order valence-corrected chi connectivity index (χ3v) is 13.2. The molecule has 244 valence electrons. The van der Waals surface area contributed by atoms with E-state index in [9.17, 15) is 8.78 Å². The van der Waals surface area contributed by atoms with Crippen LogP contribution in [0.25, 0.3) is 11.3 Å². The van der Waals surface area contributed by atoms with Crippen LogP contribution in [0.5, 0.6) is 0 Å². The maximum atomic E-state index is 14.4. The number of halogens is 5. The standard InChI is InChI=1S/C30H28Cl2F2IN5O5S/c1-41-28-26(40-15-22(37-38-40)17-11-20(33)25(32)21(34)12-17)27-23(16-43-35(45-27)19-5-3-2-4-6-19)44-30(28)46-24-13-18(31)14-36-29(24)39-7-9-42-10-8-39/h2-6,11-15,23,26-28,30H,7-10,16H2,1H3/t23?,26?,27-,28?,30+/m0/s1. The van der Waals surface area contributed by atoms with Crippen LogP contribution in [-0.2, 0) is 20.3 Å². The average Bonchev–Trinajstić information content (AvgIpc) is 3.57. The predicted octanol–water partition coefficient (Wildman–Crippen LogP) is 6.46. The summed E-state index contributed by atoms with van der Waals surface area (Å²) in [6.45, 7) is 2.87. The van der Waals surface area contributed by atoms with Gasteiger partial charge in [0.15, 0.2) is 0 Å². The van der Waals surface area contributed by atoms with Crippen molar-refractivity contribution in [1.29, 1.82) is 0 Å². The molecule has 5 heterocycles. The Kier molecular flexibility index (Phi) is 9.96. The second-order valence-electron chi connectivity index (χ2n) is 10.6. The van der Waals surface area contributed by atoms with Crippen LogP contribution in [0.4, 0.5) is 14.6 Å². The number of methoxy groups -OCH3 is 1. The average molecular weight is 806 g/mol. The van der Waals surface area contributed by atoms with Gasteiger partial charge in [-0.25, -0.2) is 0 Å². The summed E-state index contributed by atoms with van der Waals surface area (Å²) in [5.74, 6) is -1.00. The molecule has 2 aromatic carbocycles. The molecule has 0 radical (unpaired) electrons. The Morgan fingerprint density at radius 1 is 1.07 bits per heavy atom. The molecular weight excluding hydrogens is 778 g/mol. The molecule has 10 nitrogen and oxygen atoms in total. The van der Waals surface area contributed by atoms with Crippen LogP contribution in [0.3, 0.4) is 0 Å². The monoisotopic (exact) mass is 805 g/mol. The van der Waals surface area contributed by atoms with Crippen molar-refractivity contribution in [1.82, 2.24) is 20.0 Å². The summed E-state index contributed by atoms with van der Waals surface area (Å²) in [7, 11) is 1.60. The second-order valence-corrected chi connectivity index (χ2v) is 16.2. The Morgan fingerprint density at radius 2 is 1.83 bits per heavy atom. The molecule has 4 aromatic rings. The number of ether oxygens (including phenoxy) is 3. The fourth-order valence-corrected chi connectivity index (χ4v) is 10.9. The van der Waals surface area contributed by atoms with E-state index in [4.69, 9.17) is 43.5 Å². The van der Waals surface area contributed by atoms with E-state index >= 15 is 0 Å². The van der Waals surface area contributed by atoms with Gasteiger partial charge in [-0.3, -0.25) is 0 Å². The summed E-state index contributed by atoms with van der Waals surface area (Å²) in [6, 6.07) is 13.4. The van der Waals surface area contributed by atoms with Gasteiger partial charge in [-0.1, -0.05) is 0 Å². The molecule has 0 bridgehead atoms. The second kappa shape index (κ2) is 14.1. The van der Waals surface area contributed by atoms with E-state index in [1.54, 1.807) is 24.2 Å². The molecule has 3 fully saturated rings. The topological polar surface area (TPSA) is 93.0 Å². The van der Waals surface area contributed by atoms with Gasteiger partial charge in [0.2, 0.25) is 0 Å².